The van der Waals surface area contributed by atoms with Crippen LogP contribution in [0.15, 0.2) is 53.1 Å². The first-order valence-electron chi connectivity index (χ1n) is 10.0. The zero-order valence-corrected chi connectivity index (χ0v) is 17.6. The zero-order chi connectivity index (χ0) is 21.3. The number of rotatable bonds is 10. The van der Waals surface area contributed by atoms with Gasteiger partial charge in [-0.3, -0.25) is 4.79 Å². The lowest BCUT2D eigenvalue weighted by Gasteiger charge is -2.22. The van der Waals surface area contributed by atoms with Crippen LogP contribution in [0.25, 0.3) is 11.4 Å². The molecular weight excluding hydrogens is 382 g/mol. The highest BCUT2D eigenvalue weighted by molar-refractivity contribution is 5.76. The van der Waals surface area contributed by atoms with Gasteiger partial charge in [-0.05, 0) is 30.2 Å². The molecule has 30 heavy (non-hydrogen) atoms. The quantitative estimate of drug-likeness (QED) is 0.501. The molecule has 0 fully saturated rings. The predicted octanol–water partition coefficient (Wildman–Crippen LogP) is 4.13. The van der Waals surface area contributed by atoms with Crippen LogP contribution in [-0.2, 0) is 17.8 Å². The number of aromatic nitrogens is 2. The number of methoxy groups -OCH3 is 2. The van der Waals surface area contributed by atoms with Crippen molar-refractivity contribution in [2.24, 2.45) is 0 Å². The number of benzene rings is 2. The highest BCUT2D eigenvalue weighted by Gasteiger charge is 2.16. The Bertz CT molecular complexity index is 956. The minimum Gasteiger partial charge on any atom is -0.493 e. The molecule has 1 aromatic heterocycles. The van der Waals surface area contributed by atoms with E-state index in [1.54, 1.807) is 26.4 Å². The lowest BCUT2D eigenvalue weighted by Crippen LogP contribution is -2.32. The Morgan fingerprint density at radius 3 is 2.53 bits per heavy atom. The van der Waals surface area contributed by atoms with Crippen molar-refractivity contribution < 1.29 is 18.8 Å². The van der Waals surface area contributed by atoms with Gasteiger partial charge in [-0.25, -0.2) is 0 Å². The maximum absolute atomic E-state index is 12.6. The van der Waals surface area contributed by atoms with Gasteiger partial charge in [-0.1, -0.05) is 42.4 Å². The number of hydrogen-bond donors (Lipinski definition) is 0. The second-order valence-corrected chi connectivity index (χ2v) is 6.88. The van der Waals surface area contributed by atoms with E-state index in [1.165, 1.54) is 0 Å². The molecule has 0 saturated heterocycles. The number of amides is 1. The van der Waals surface area contributed by atoms with E-state index >= 15 is 0 Å². The first-order valence-corrected chi connectivity index (χ1v) is 10.0. The van der Waals surface area contributed by atoms with Crippen molar-refractivity contribution in [3.05, 3.63) is 60.0 Å². The molecule has 0 atom stereocenters. The Hall–Kier alpha value is -3.35. The number of nitrogens with zero attached hydrogens (tertiary/aromatic N) is 3. The average Bonchev–Trinajstić information content (AvgIpc) is 3.26. The van der Waals surface area contributed by atoms with Crippen LogP contribution in [-0.4, -0.2) is 41.7 Å². The van der Waals surface area contributed by atoms with Gasteiger partial charge in [-0.2, -0.15) is 4.98 Å². The lowest BCUT2D eigenvalue weighted by molar-refractivity contribution is -0.131. The minimum absolute atomic E-state index is 0.126. The molecule has 2 aromatic carbocycles. The van der Waals surface area contributed by atoms with Gasteiger partial charge in [0.25, 0.3) is 0 Å². The van der Waals surface area contributed by atoms with E-state index in [9.17, 15) is 4.79 Å². The summed E-state index contributed by atoms with van der Waals surface area (Å²) in [7, 11) is 3.17. The molecule has 7 heteroatoms. The Morgan fingerprint density at radius 2 is 1.83 bits per heavy atom. The summed E-state index contributed by atoms with van der Waals surface area (Å²) in [5, 5.41) is 4.07. The Balaban J connectivity index is 1.69. The summed E-state index contributed by atoms with van der Waals surface area (Å²) in [4.78, 5) is 18.9. The first-order chi connectivity index (χ1) is 14.6. The van der Waals surface area contributed by atoms with E-state index in [4.69, 9.17) is 14.0 Å². The summed E-state index contributed by atoms with van der Waals surface area (Å²) in [5.74, 6) is 2.32. The summed E-state index contributed by atoms with van der Waals surface area (Å²) in [6, 6.07) is 15.4. The van der Waals surface area contributed by atoms with Crippen LogP contribution in [0.2, 0.25) is 0 Å². The number of carbonyl (C=O) groups excluding carboxylic acids is 1. The Kier molecular flexibility index (Phi) is 7.43. The summed E-state index contributed by atoms with van der Waals surface area (Å²) in [5.41, 5.74) is 1.87. The van der Waals surface area contributed by atoms with Gasteiger partial charge >= 0.3 is 0 Å². The van der Waals surface area contributed by atoms with Gasteiger partial charge in [0.05, 0.1) is 14.2 Å². The van der Waals surface area contributed by atoms with Gasteiger partial charge in [0.2, 0.25) is 17.6 Å². The molecule has 0 unspecified atom stereocenters. The van der Waals surface area contributed by atoms with Crippen molar-refractivity contribution in [1.29, 1.82) is 0 Å². The van der Waals surface area contributed by atoms with E-state index in [-0.39, 0.29) is 5.91 Å². The highest BCUT2D eigenvalue weighted by atomic mass is 16.5. The molecule has 0 aliphatic heterocycles. The highest BCUT2D eigenvalue weighted by Crippen LogP contribution is 2.31. The van der Waals surface area contributed by atoms with Gasteiger partial charge in [-0.15, -0.1) is 0 Å². The van der Waals surface area contributed by atoms with Crippen molar-refractivity contribution in [3.63, 3.8) is 0 Å². The SMILES string of the molecule is CCCC(=O)N(CCc1nc(-c2ccc(OC)c(OC)c2)no1)Cc1ccccc1. The third kappa shape index (κ3) is 5.37. The van der Waals surface area contributed by atoms with E-state index in [2.05, 4.69) is 10.1 Å². The van der Waals surface area contributed by atoms with Crippen LogP contribution in [0.5, 0.6) is 11.5 Å². The molecule has 0 spiro atoms. The molecule has 0 radical (unpaired) electrons. The van der Waals surface area contributed by atoms with Gasteiger partial charge in [0.1, 0.15) is 0 Å². The van der Waals surface area contributed by atoms with Crippen LogP contribution in [0.1, 0.15) is 31.2 Å². The topological polar surface area (TPSA) is 77.7 Å². The van der Waals surface area contributed by atoms with E-state index < -0.39 is 0 Å². The van der Waals surface area contributed by atoms with Crippen molar-refractivity contribution >= 4 is 5.91 Å². The standard InChI is InChI=1S/C23H27N3O4/c1-4-8-22(27)26(16-17-9-6-5-7-10-17)14-13-21-24-23(25-30-21)18-11-12-19(28-2)20(15-18)29-3/h5-7,9-12,15H,4,8,13-14,16H2,1-3H3. The van der Waals surface area contributed by atoms with Crippen molar-refractivity contribution in [2.45, 2.75) is 32.7 Å². The van der Waals surface area contributed by atoms with E-state index in [0.29, 0.717) is 49.1 Å². The maximum Gasteiger partial charge on any atom is 0.228 e. The van der Waals surface area contributed by atoms with Gasteiger partial charge in [0.15, 0.2) is 11.5 Å². The number of carbonyl (C=O) groups is 1. The molecular formula is C23H27N3O4. The molecule has 0 saturated carbocycles. The third-order valence-corrected chi connectivity index (χ3v) is 4.74. The van der Waals surface area contributed by atoms with Crippen LogP contribution < -0.4 is 9.47 Å². The molecule has 0 aliphatic carbocycles. The van der Waals surface area contributed by atoms with Crippen LogP contribution in [0.4, 0.5) is 0 Å². The normalized spacial score (nSPS) is 10.6. The monoisotopic (exact) mass is 409 g/mol. The van der Waals surface area contributed by atoms with Gasteiger partial charge < -0.3 is 18.9 Å². The smallest absolute Gasteiger partial charge is 0.228 e. The zero-order valence-electron chi connectivity index (χ0n) is 17.6. The second-order valence-electron chi connectivity index (χ2n) is 6.88. The fraction of sp³-hybridized carbons (Fsp3) is 0.348. The lowest BCUT2D eigenvalue weighted by atomic mass is 10.2. The largest absolute Gasteiger partial charge is 0.493 e. The molecule has 0 bridgehead atoms. The second kappa shape index (κ2) is 10.4. The molecule has 3 rings (SSSR count). The predicted molar refractivity (Wildman–Crippen MR) is 113 cm³/mol. The van der Waals surface area contributed by atoms with Crippen LogP contribution in [0.3, 0.4) is 0 Å². The summed E-state index contributed by atoms with van der Waals surface area (Å²) >= 11 is 0. The average molecular weight is 409 g/mol. The summed E-state index contributed by atoms with van der Waals surface area (Å²) < 4.78 is 16.0. The maximum atomic E-state index is 12.6. The molecule has 0 aliphatic rings. The minimum atomic E-state index is 0.126. The van der Waals surface area contributed by atoms with Gasteiger partial charge in [0, 0.05) is 31.5 Å². The fourth-order valence-electron chi connectivity index (χ4n) is 3.15. The molecule has 0 N–H and O–H groups in total. The number of ether oxygens (including phenoxy) is 2. The first kappa shape index (κ1) is 21.4. The van der Waals surface area contributed by atoms with Crippen molar-refractivity contribution in [1.82, 2.24) is 15.0 Å². The van der Waals surface area contributed by atoms with Crippen molar-refractivity contribution in [3.8, 4) is 22.9 Å². The molecule has 158 valence electrons. The summed E-state index contributed by atoms with van der Waals surface area (Å²) in [6.45, 7) is 3.09. The third-order valence-electron chi connectivity index (χ3n) is 4.74. The summed E-state index contributed by atoms with van der Waals surface area (Å²) in [6.07, 6.45) is 1.82. The Labute approximate surface area is 176 Å². The molecule has 3 aromatic rings. The number of hydrogen-bond acceptors (Lipinski definition) is 6. The van der Waals surface area contributed by atoms with Crippen molar-refractivity contribution in [2.75, 3.05) is 20.8 Å². The molecule has 1 heterocycles. The fourth-order valence-corrected chi connectivity index (χ4v) is 3.15. The van der Waals surface area contributed by atoms with Crippen LogP contribution in [0, 0.1) is 0 Å². The van der Waals surface area contributed by atoms with E-state index in [0.717, 1.165) is 17.5 Å². The Morgan fingerprint density at radius 1 is 1.07 bits per heavy atom. The molecule has 1 amide bonds. The van der Waals surface area contributed by atoms with E-state index in [1.807, 2.05) is 48.2 Å². The van der Waals surface area contributed by atoms with Crippen LogP contribution >= 0.6 is 0 Å². The molecule has 7 nitrogen and oxygen atoms in total.